The van der Waals surface area contributed by atoms with Crippen molar-refractivity contribution in [3.63, 3.8) is 0 Å². The van der Waals surface area contributed by atoms with Crippen molar-refractivity contribution in [1.29, 1.82) is 0 Å². The van der Waals surface area contributed by atoms with E-state index in [9.17, 15) is 9.59 Å². The molecular weight excluding hydrogens is 144 g/mol. The molecule has 0 aromatic rings. The van der Waals surface area contributed by atoms with Gasteiger partial charge in [0.15, 0.2) is 0 Å². The summed E-state index contributed by atoms with van der Waals surface area (Å²) in [7, 11) is 0. The first kappa shape index (κ1) is 9.24. The third kappa shape index (κ3) is 4.73. The van der Waals surface area contributed by atoms with Crippen LogP contribution >= 0.6 is 0 Å². The minimum Gasteiger partial charge on any atom is -0.313 e. The van der Waals surface area contributed by atoms with Crippen molar-refractivity contribution in [2.75, 3.05) is 0 Å². The van der Waals surface area contributed by atoms with Gasteiger partial charge >= 0.3 is 5.91 Å². The third-order valence-corrected chi connectivity index (χ3v) is 0.722. The largest absolute Gasteiger partial charge is 0.313 e. The van der Waals surface area contributed by atoms with Crippen LogP contribution in [0, 0.1) is 12.3 Å². The van der Waals surface area contributed by atoms with Crippen molar-refractivity contribution in [3.8, 4) is 12.3 Å². The average molecular weight is 152 g/mol. The molecule has 0 unspecified atom stereocenters. The molecular formula is C7H8N2O2. The fourth-order valence-electron chi connectivity index (χ4n) is 0.417. The van der Waals surface area contributed by atoms with E-state index in [1.165, 1.54) is 6.92 Å². The molecule has 0 aromatic carbocycles. The SMILES string of the molecule is C#CC(=O)NC(=C)NC(C)=O. The Bertz CT molecular complexity index is 237. The molecule has 2 amide bonds. The van der Waals surface area contributed by atoms with E-state index in [0.717, 1.165) is 0 Å². The summed E-state index contributed by atoms with van der Waals surface area (Å²) in [6, 6.07) is 0. The van der Waals surface area contributed by atoms with Gasteiger partial charge in [0.2, 0.25) is 5.91 Å². The van der Waals surface area contributed by atoms with Gasteiger partial charge in [-0.25, -0.2) is 0 Å². The minimum absolute atomic E-state index is 0.0838. The predicted octanol–water partition coefficient (Wildman–Crippen LogP) is -0.657. The normalized spacial score (nSPS) is 7.64. The van der Waals surface area contributed by atoms with E-state index in [4.69, 9.17) is 6.42 Å². The molecule has 0 aliphatic carbocycles. The van der Waals surface area contributed by atoms with E-state index in [1.807, 2.05) is 0 Å². The van der Waals surface area contributed by atoms with Crippen LogP contribution in [0.1, 0.15) is 6.92 Å². The fraction of sp³-hybridized carbons (Fsp3) is 0.143. The Morgan fingerprint density at radius 1 is 1.45 bits per heavy atom. The van der Waals surface area contributed by atoms with Crippen LogP contribution in [0.5, 0.6) is 0 Å². The molecule has 4 heteroatoms. The van der Waals surface area contributed by atoms with E-state index < -0.39 is 5.91 Å². The molecule has 0 bridgehead atoms. The molecule has 0 aliphatic rings. The van der Waals surface area contributed by atoms with E-state index in [-0.39, 0.29) is 11.7 Å². The Hall–Kier alpha value is -1.76. The van der Waals surface area contributed by atoms with Gasteiger partial charge in [-0.2, -0.15) is 0 Å². The molecule has 0 aliphatic heterocycles. The Morgan fingerprint density at radius 2 is 2.00 bits per heavy atom. The Labute approximate surface area is 64.7 Å². The van der Waals surface area contributed by atoms with Crippen LogP contribution in [0.2, 0.25) is 0 Å². The van der Waals surface area contributed by atoms with Crippen LogP contribution in [0.15, 0.2) is 12.4 Å². The molecule has 0 aromatic heterocycles. The molecule has 0 fully saturated rings. The van der Waals surface area contributed by atoms with Gasteiger partial charge in [0, 0.05) is 6.92 Å². The fourth-order valence-corrected chi connectivity index (χ4v) is 0.417. The van der Waals surface area contributed by atoms with E-state index in [1.54, 1.807) is 5.92 Å². The second-order valence-electron chi connectivity index (χ2n) is 1.76. The summed E-state index contributed by atoms with van der Waals surface area (Å²) in [5.41, 5.74) is 0. The summed E-state index contributed by atoms with van der Waals surface area (Å²) >= 11 is 0. The molecule has 0 heterocycles. The van der Waals surface area contributed by atoms with Crippen molar-refractivity contribution >= 4 is 11.8 Å². The first-order valence-electron chi connectivity index (χ1n) is 2.80. The average Bonchev–Trinajstić information content (AvgIpc) is 1.85. The molecule has 4 nitrogen and oxygen atoms in total. The quantitative estimate of drug-likeness (QED) is 0.516. The maximum Gasteiger partial charge on any atom is 0.301 e. The van der Waals surface area contributed by atoms with Gasteiger partial charge in [0.1, 0.15) is 5.82 Å². The zero-order valence-corrected chi connectivity index (χ0v) is 6.10. The van der Waals surface area contributed by atoms with Crippen LogP contribution in [-0.2, 0) is 9.59 Å². The van der Waals surface area contributed by atoms with Crippen LogP contribution in [0.25, 0.3) is 0 Å². The van der Waals surface area contributed by atoms with Crippen LogP contribution in [0.4, 0.5) is 0 Å². The highest BCUT2D eigenvalue weighted by Gasteiger charge is 1.98. The van der Waals surface area contributed by atoms with E-state index in [2.05, 4.69) is 17.2 Å². The predicted molar refractivity (Wildman–Crippen MR) is 39.9 cm³/mol. The van der Waals surface area contributed by atoms with Crippen molar-refractivity contribution in [2.24, 2.45) is 0 Å². The molecule has 0 saturated heterocycles. The van der Waals surface area contributed by atoms with Gasteiger partial charge in [-0.15, -0.1) is 6.42 Å². The maximum atomic E-state index is 10.4. The van der Waals surface area contributed by atoms with Crippen LogP contribution in [0.3, 0.4) is 0 Å². The number of amides is 2. The second kappa shape index (κ2) is 4.12. The molecule has 11 heavy (non-hydrogen) atoms. The molecule has 0 spiro atoms. The van der Waals surface area contributed by atoms with Crippen molar-refractivity contribution in [2.45, 2.75) is 6.92 Å². The van der Waals surface area contributed by atoms with Gasteiger partial charge in [0.25, 0.3) is 0 Å². The standard InChI is InChI=1S/C7H8N2O2/c1-4-7(11)9-5(2)8-6(3)10/h1H,2H2,3H3,(H,8,10)(H,9,11). The molecule has 0 atom stereocenters. The highest BCUT2D eigenvalue weighted by Crippen LogP contribution is 1.75. The molecule has 0 saturated carbocycles. The Morgan fingerprint density at radius 3 is 2.36 bits per heavy atom. The minimum atomic E-state index is -0.635. The number of hydrogen-bond donors (Lipinski definition) is 2. The number of nitrogens with one attached hydrogen (secondary N) is 2. The van der Waals surface area contributed by atoms with Gasteiger partial charge < -0.3 is 10.6 Å². The lowest BCUT2D eigenvalue weighted by molar-refractivity contribution is -0.118. The highest BCUT2D eigenvalue weighted by molar-refractivity contribution is 5.94. The molecule has 0 rings (SSSR count). The second-order valence-corrected chi connectivity index (χ2v) is 1.76. The summed E-state index contributed by atoms with van der Waals surface area (Å²) in [4.78, 5) is 20.8. The zero-order valence-electron chi connectivity index (χ0n) is 6.10. The Kier molecular flexibility index (Phi) is 3.46. The molecule has 2 N–H and O–H groups in total. The first-order valence-corrected chi connectivity index (χ1v) is 2.80. The van der Waals surface area contributed by atoms with E-state index in [0.29, 0.717) is 0 Å². The highest BCUT2D eigenvalue weighted by atomic mass is 16.2. The first-order chi connectivity index (χ1) is 5.06. The lowest BCUT2D eigenvalue weighted by atomic mass is 10.6. The molecule has 58 valence electrons. The van der Waals surface area contributed by atoms with Crippen molar-refractivity contribution in [3.05, 3.63) is 12.4 Å². The van der Waals surface area contributed by atoms with Crippen LogP contribution < -0.4 is 10.6 Å². The topological polar surface area (TPSA) is 58.2 Å². The van der Waals surface area contributed by atoms with Gasteiger partial charge in [-0.1, -0.05) is 6.58 Å². The Balaban J connectivity index is 3.82. The van der Waals surface area contributed by atoms with Gasteiger partial charge in [0.05, 0.1) is 0 Å². The summed E-state index contributed by atoms with van der Waals surface area (Å²) < 4.78 is 0. The summed E-state index contributed by atoms with van der Waals surface area (Å²) in [6.45, 7) is 4.62. The zero-order chi connectivity index (χ0) is 8.85. The smallest absolute Gasteiger partial charge is 0.301 e. The third-order valence-electron chi connectivity index (χ3n) is 0.722. The lowest BCUT2D eigenvalue weighted by Crippen LogP contribution is -2.32. The number of terminal acetylenes is 1. The molecule has 0 radical (unpaired) electrons. The number of hydrogen-bond acceptors (Lipinski definition) is 2. The summed E-state index contributed by atoms with van der Waals surface area (Å²) in [5.74, 6) is 0.943. The maximum absolute atomic E-state index is 10.4. The summed E-state index contributed by atoms with van der Waals surface area (Å²) in [6.07, 6.45) is 4.74. The number of carbonyl (C=O) groups excluding carboxylic acids is 2. The van der Waals surface area contributed by atoms with E-state index >= 15 is 0 Å². The lowest BCUT2D eigenvalue weighted by Gasteiger charge is -2.03. The van der Waals surface area contributed by atoms with Gasteiger partial charge in [-0.3, -0.25) is 9.59 Å². The van der Waals surface area contributed by atoms with Gasteiger partial charge in [-0.05, 0) is 5.92 Å². The summed E-state index contributed by atoms with van der Waals surface area (Å²) in [5, 5.41) is 4.41. The number of rotatable bonds is 2. The van der Waals surface area contributed by atoms with Crippen LogP contribution in [-0.4, -0.2) is 11.8 Å². The number of carbonyl (C=O) groups is 2. The monoisotopic (exact) mass is 152 g/mol. The van der Waals surface area contributed by atoms with Crippen molar-refractivity contribution < 1.29 is 9.59 Å². The van der Waals surface area contributed by atoms with Crippen molar-refractivity contribution in [1.82, 2.24) is 10.6 Å².